The van der Waals surface area contributed by atoms with Crippen LogP contribution in [0.2, 0.25) is 5.02 Å². The van der Waals surface area contributed by atoms with E-state index in [1.54, 1.807) is 49.5 Å². The van der Waals surface area contributed by atoms with Gasteiger partial charge in [-0.15, -0.1) is 0 Å². The number of nitrogens with one attached hydrogen (secondary N) is 3. The summed E-state index contributed by atoms with van der Waals surface area (Å²) >= 11 is 6.39. The van der Waals surface area contributed by atoms with Crippen LogP contribution < -0.4 is 21.5 Å². The minimum atomic E-state index is -1.20. The Kier molecular flexibility index (Phi) is 13.0. The molecule has 0 spiro atoms. The number of hydrogen-bond acceptors (Lipinski definition) is 9. The van der Waals surface area contributed by atoms with Gasteiger partial charge in [-0.05, 0) is 88.2 Å². The van der Waals surface area contributed by atoms with E-state index in [1.807, 2.05) is 54.2 Å². The summed E-state index contributed by atoms with van der Waals surface area (Å²) in [4.78, 5) is 65.6. The molecule has 56 heavy (non-hydrogen) atoms. The molecule has 0 saturated carbocycles. The first-order valence-corrected chi connectivity index (χ1v) is 19.3. The number of aliphatic hydroxyl groups is 1. The summed E-state index contributed by atoms with van der Waals surface area (Å²) in [5, 5.41) is 22.1. The highest BCUT2D eigenvalue weighted by Gasteiger charge is 2.36. The lowest BCUT2D eigenvalue weighted by atomic mass is 9.88. The van der Waals surface area contributed by atoms with Gasteiger partial charge < -0.3 is 30.9 Å². The van der Waals surface area contributed by atoms with Crippen LogP contribution in [0.4, 0.5) is 11.5 Å². The van der Waals surface area contributed by atoms with Gasteiger partial charge in [0.25, 0.3) is 11.5 Å². The number of piperidine rings is 1. The van der Waals surface area contributed by atoms with E-state index < -0.39 is 5.60 Å². The zero-order chi connectivity index (χ0) is 39.8. The third-order valence-electron chi connectivity index (χ3n) is 10.3. The van der Waals surface area contributed by atoms with E-state index >= 15 is 0 Å². The second-order valence-electron chi connectivity index (χ2n) is 14.8. The van der Waals surface area contributed by atoms with Crippen LogP contribution in [0.5, 0.6) is 0 Å². The Morgan fingerprint density at radius 2 is 1.73 bits per heavy atom. The van der Waals surface area contributed by atoms with Crippen LogP contribution in [0.25, 0.3) is 21.8 Å². The van der Waals surface area contributed by atoms with E-state index in [9.17, 15) is 24.3 Å². The lowest BCUT2D eigenvalue weighted by molar-refractivity contribution is -0.140. The second-order valence-corrected chi connectivity index (χ2v) is 15.2. The van der Waals surface area contributed by atoms with E-state index in [0.717, 1.165) is 10.9 Å². The summed E-state index contributed by atoms with van der Waals surface area (Å²) in [7, 11) is 5.56. The van der Waals surface area contributed by atoms with Crippen molar-refractivity contribution in [3.05, 3.63) is 106 Å². The summed E-state index contributed by atoms with van der Waals surface area (Å²) in [6.07, 6.45) is 4.09. The summed E-state index contributed by atoms with van der Waals surface area (Å²) in [6, 6.07) is 21.8. The molecule has 294 valence electrons. The minimum Gasteiger partial charge on any atom is -0.388 e. The molecule has 0 radical (unpaired) electrons. The molecule has 1 atom stereocenters. The summed E-state index contributed by atoms with van der Waals surface area (Å²) in [6.45, 7) is 1.75. The molecule has 4 N–H and O–H groups in total. The van der Waals surface area contributed by atoms with Crippen molar-refractivity contribution in [2.45, 2.75) is 50.7 Å². The Morgan fingerprint density at radius 1 is 0.982 bits per heavy atom. The quantitative estimate of drug-likeness (QED) is 0.108. The van der Waals surface area contributed by atoms with E-state index in [4.69, 9.17) is 11.6 Å². The molecular formula is C42H49ClN8O5. The van der Waals surface area contributed by atoms with Gasteiger partial charge in [-0.2, -0.15) is 0 Å². The number of pyridine rings is 1. The maximum atomic E-state index is 14.0. The van der Waals surface area contributed by atoms with Crippen molar-refractivity contribution in [1.82, 2.24) is 29.7 Å². The van der Waals surface area contributed by atoms with Gasteiger partial charge in [-0.25, -0.2) is 9.97 Å². The second kappa shape index (κ2) is 18.1. The summed E-state index contributed by atoms with van der Waals surface area (Å²) < 4.78 is 1.42. The highest BCUT2D eigenvalue weighted by atomic mass is 35.5. The monoisotopic (exact) mass is 780 g/mol. The van der Waals surface area contributed by atoms with Crippen LogP contribution in [0, 0.1) is 5.92 Å². The van der Waals surface area contributed by atoms with Crippen LogP contribution in [0.15, 0.2) is 83.9 Å². The van der Waals surface area contributed by atoms with Gasteiger partial charge in [0.05, 0.1) is 39.9 Å². The van der Waals surface area contributed by atoms with E-state index in [-0.39, 0.29) is 35.7 Å². The van der Waals surface area contributed by atoms with Crippen molar-refractivity contribution in [3.8, 4) is 0 Å². The molecule has 13 nitrogen and oxygen atoms in total. The van der Waals surface area contributed by atoms with Gasteiger partial charge in [-0.3, -0.25) is 23.7 Å². The molecule has 1 fully saturated rings. The minimum absolute atomic E-state index is 0.00852. The predicted octanol–water partition coefficient (Wildman–Crippen LogP) is 4.95. The molecule has 6 rings (SSSR count). The van der Waals surface area contributed by atoms with Crippen LogP contribution in [-0.4, -0.2) is 100 Å². The zero-order valence-corrected chi connectivity index (χ0v) is 32.8. The maximum Gasteiger partial charge on any atom is 0.261 e. The number of fused-ring (bicyclic) bond motifs is 2. The van der Waals surface area contributed by atoms with E-state index in [2.05, 4.69) is 25.9 Å². The number of amides is 3. The van der Waals surface area contributed by atoms with Gasteiger partial charge in [0.2, 0.25) is 11.8 Å². The zero-order valence-electron chi connectivity index (χ0n) is 32.1. The molecule has 2 aromatic heterocycles. The van der Waals surface area contributed by atoms with Crippen molar-refractivity contribution in [3.63, 3.8) is 0 Å². The fourth-order valence-corrected chi connectivity index (χ4v) is 7.36. The van der Waals surface area contributed by atoms with Gasteiger partial charge >= 0.3 is 0 Å². The van der Waals surface area contributed by atoms with Crippen molar-refractivity contribution >= 4 is 62.6 Å². The Hall–Kier alpha value is -5.37. The first-order valence-electron chi connectivity index (χ1n) is 19.0. The number of carbonyl (C=O) groups is 3. The molecule has 3 aromatic carbocycles. The van der Waals surface area contributed by atoms with E-state index in [1.165, 1.54) is 10.9 Å². The molecule has 3 heterocycles. The Labute approximate surface area is 331 Å². The van der Waals surface area contributed by atoms with E-state index in [0.29, 0.717) is 103 Å². The summed E-state index contributed by atoms with van der Waals surface area (Å²) in [5.74, 6) is -0.0533. The average molecular weight is 781 g/mol. The number of nitrogens with zero attached hydrogens (tertiary/aromatic N) is 5. The normalized spacial score (nSPS) is 14.5. The fraction of sp³-hybridized carbons (Fsp3) is 0.381. The van der Waals surface area contributed by atoms with Crippen molar-refractivity contribution in [2.75, 3.05) is 58.0 Å². The van der Waals surface area contributed by atoms with Gasteiger partial charge in [0.1, 0.15) is 5.82 Å². The SMILES string of the molecule is CNc1cc(Cl)c2ccc(C(=O)NCCCC(Cc3ccccc3)C(=O)N3CCC(O)(Cn4cnc5cc(NC(=O)CCN(C)C)ccc5c4=O)CC3)cc2n1. The molecule has 3 amide bonds. The summed E-state index contributed by atoms with van der Waals surface area (Å²) in [5.41, 5.74) is 1.66. The fourth-order valence-electron chi connectivity index (χ4n) is 7.09. The van der Waals surface area contributed by atoms with Crippen molar-refractivity contribution in [2.24, 2.45) is 5.92 Å². The molecule has 14 heteroatoms. The predicted molar refractivity (Wildman–Crippen MR) is 220 cm³/mol. The van der Waals surface area contributed by atoms with Crippen molar-refractivity contribution < 1.29 is 19.5 Å². The standard InChI is InChI=1S/C42H49ClN8O5/c1-44-37-25-34(43)32-13-11-29(23-36(32)48-37)39(53)45-18-7-10-30(22-28-8-5-4-6-9-28)40(54)50-20-16-42(56,17-21-50)26-51-27-46-35-24-31(12-14-33(35)41(51)55)47-38(52)15-19-49(2)3/h4-6,8-9,11-14,23-25,27,30,56H,7,10,15-22,26H2,1-3H3,(H,44,48)(H,45,53)(H,47,52). The molecule has 0 bridgehead atoms. The number of aromatic nitrogens is 3. The molecule has 1 aliphatic rings. The molecule has 1 aliphatic heterocycles. The van der Waals surface area contributed by atoms with Gasteiger partial charge in [-0.1, -0.05) is 48.0 Å². The third kappa shape index (κ3) is 10.1. The largest absolute Gasteiger partial charge is 0.388 e. The number of anilines is 2. The lowest BCUT2D eigenvalue weighted by Crippen LogP contribution is -2.51. The molecule has 0 aliphatic carbocycles. The van der Waals surface area contributed by atoms with Crippen LogP contribution in [0.3, 0.4) is 0 Å². The first-order chi connectivity index (χ1) is 26.9. The maximum absolute atomic E-state index is 14.0. The van der Waals surface area contributed by atoms with Crippen LogP contribution in [0.1, 0.15) is 48.0 Å². The highest BCUT2D eigenvalue weighted by molar-refractivity contribution is 6.35. The van der Waals surface area contributed by atoms with Crippen LogP contribution in [-0.2, 0) is 22.6 Å². The number of halogens is 1. The smallest absolute Gasteiger partial charge is 0.261 e. The topological polar surface area (TPSA) is 162 Å². The number of carbonyl (C=O) groups excluding carboxylic acids is 3. The number of hydrogen-bond donors (Lipinski definition) is 4. The third-order valence-corrected chi connectivity index (χ3v) is 10.6. The number of rotatable bonds is 15. The van der Waals surface area contributed by atoms with Gasteiger partial charge in [0.15, 0.2) is 0 Å². The number of benzene rings is 3. The average Bonchev–Trinajstić information content (AvgIpc) is 3.19. The highest BCUT2D eigenvalue weighted by Crippen LogP contribution is 2.28. The Balaban J connectivity index is 1.05. The lowest BCUT2D eigenvalue weighted by Gasteiger charge is -2.39. The first kappa shape index (κ1) is 40.3. The molecule has 5 aromatic rings. The Morgan fingerprint density at radius 3 is 2.46 bits per heavy atom. The van der Waals surface area contributed by atoms with Crippen molar-refractivity contribution in [1.29, 1.82) is 0 Å². The molecule has 1 saturated heterocycles. The molecular weight excluding hydrogens is 732 g/mol. The van der Waals surface area contributed by atoms with Gasteiger partial charge in [0, 0.05) is 62.2 Å². The Bertz CT molecular complexity index is 2260. The number of likely N-dealkylation sites (tertiary alicyclic amines) is 1. The molecule has 1 unspecified atom stereocenters. The van der Waals surface area contributed by atoms with Crippen LogP contribution >= 0.6 is 11.6 Å².